The quantitative estimate of drug-likeness (QED) is 0.488. The molecule has 4 heteroatoms. The summed E-state index contributed by atoms with van der Waals surface area (Å²) in [6.07, 6.45) is 3.24. The van der Waals surface area contributed by atoms with Gasteiger partial charge in [0.2, 0.25) is 5.91 Å². The maximum atomic E-state index is 11.8. The Kier molecular flexibility index (Phi) is 3.59. The predicted molar refractivity (Wildman–Crippen MR) is 76.8 cm³/mol. The van der Waals surface area contributed by atoms with Crippen molar-refractivity contribution in [3.63, 3.8) is 0 Å². The van der Waals surface area contributed by atoms with E-state index in [0.29, 0.717) is 12.0 Å². The Bertz CT molecular complexity index is 532. The zero-order chi connectivity index (χ0) is 15.1. The second-order valence-electron chi connectivity index (χ2n) is 5.86. The summed E-state index contributed by atoms with van der Waals surface area (Å²) in [5.74, 6) is -0.487. The molecule has 1 aliphatic heterocycles. The van der Waals surface area contributed by atoms with E-state index in [0.717, 1.165) is 17.6 Å². The molecule has 1 fully saturated rings. The molecule has 0 radical (unpaired) electrons. The number of rotatable bonds is 3. The van der Waals surface area contributed by atoms with Crippen LogP contribution in [0, 0.1) is 11.3 Å². The molecule has 3 atom stereocenters. The first-order valence-electron chi connectivity index (χ1n) is 6.75. The molecular formula is C16H21NO3. The van der Waals surface area contributed by atoms with Crippen LogP contribution in [-0.4, -0.2) is 25.0 Å². The van der Waals surface area contributed by atoms with E-state index in [9.17, 15) is 9.59 Å². The average molecular weight is 275 g/mol. The van der Waals surface area contributed by atoms with E-state index in [1.54, 1.807) is 0 Å². The Morgan fingerprint density at radius 2 is 2.20 bits per heavy atom. The Balaban J connectivity index is 2.38. The van der Waals surface area contributed by atoms with Gasteiger partial charge in [0.15, 0.2) is 0 Å². The molecule has 0 aromatic rings. The standard InChI is InChI=1S/C16H21NO3/c1-6-16(4)8-13-11(9(2)14(18)17-13)7-12(16)10(3)15(19)20-5/h6,12-13H,1,3,7-8H2,2,4-5H3,(H,17,18)/t12-,13-,16+/m1/s1. The molecule has 1 heterocycles. The number of ether oxygens (including phenoxy) is 1. The first kappa shape index (κ1) is 14.6. The second kappa shape index (κ2) is 4.93. The molecule has 1 N–H and O–H groups in total. The molecule has 1 saturated carbocycles. The van der Waals surface area contributed by atoms with Gasteiger partial charge in [0.1, 0.15) is 0 Å². The van der Waals surface area contributed by atoms with Crippen LogP contribution in [0.15, 0.2) is 36.0 Å². The van der Waals surface area contributed by atoms with E-state index in [-0.39, 0.29) is 23.3 Å². The molecule has 2 rings (SSSR count). The van der Waals surface area contributed by atoms with Crippen LogP contribution in [-0.2, 0) is 14.3 Å². The SMILES string of the molecule is C=C[C@@]1(C)C[C@H]2NC(=O)C(C)=C2C[C@@H]1C(=C)C(=O)OC. The van der Waals surface area contributed by atoms with Crippen molar-refractivity contribution in [2.75, 3.05) is 7.11 Å². The monoisotopic (exact) mass is 275 g/mol. The number of carbonyl (C=O) groups is 2. The number of esters is 1. The summed E-state index contributed by atoms with van der Waals surface area (Å²) in [5, 5.41) is 2.99. The molecule has 0 unspecified atom stereocenters. The average Bonchev–Trinajstić information content (AvgIpc) is 2.70. The Morgan fingerprint density at radius 3 is 2.75 bits per heavy atom. The van der Waals surface area contributed by atoms with Gasteiger partial charge in [0.05, 0.1) is 13.2 Å². The van der Waals surface area contributed by atoms with Crippen molar-refractivity contribution in [3.05, 3.63) is 36.0 Å². The normalized spacial score (nSPS) is 32.5. The number of hydrogen-bond donors (Lipinski definition) is 1. The van der Waals surface area contributed by atoms with Crippen molar-refractivity contribution < 1.29 is 14.3 Å². The first-order chi connectivity index (χ1) is 9.34. The van der Waals surface area contributed by atoms with E-state index >= 15 is 0 Å². The fourth-order valence-corrected chi connectivity index (χ4v) is 3.29. The topological polar surface area (TPSA) is 55.4 Å². The third kappa shape index (κ3) is 2.09. The van der Waals surface area contributed by atoms with Gasteiger partial charge >= 0.3 is 5.97 Å². The molecule has 0 aromatic heterocycles. The number of allylic oxidation sites excluding steroid dienone is 1. The number of nitrogens with one attached hydrogen (secondary N) is 1. The molecule has 0 spiro atoms. The minimum Gasteiger partial charge on any atom is -0.466 e. The number of hydrogen-bond acceptors (Lipinski definition) is 3. The van der Waals surface area contributed by atoms with Crippen LogP contribution in [0.2, 0.25) is 0 Å². The summed E-state index contributed by atoms with van der Waals surface area (Å²) in [6, 6.07) is 0.0483. The maximum absolute atomic E-state index is 11.8. The lowest BCUT2D eigenvalue weighted by atomic mass is 9.62. The van der Waals surface area contributed by atoms with Crippen LogP contribution >= 0.6 is 0 Å². The molecular weight excluding hydrogens is 254 g/mol. The van der Waals surface area contributed by atoms with Gasteiger partial charge in [-0.3, -0.25) is 4.79 Å². The lowest BCUT2D eigenvalue weighted by Crippen LogP contribution is -2.43. The molecule has 20 heavy (non-hydrogen) atoms. The van der Waals surface area contributed by atoms with Crippen LogP contribution in [0.5, 0.6) is 0 Å². The zero-order valence-corrected chi connectivity index (χ0v) is 12.3. The van der Waals surface area contributed by atoms with Gasteiger partial charge < -0.3 is 10.1 Å². The highest BCUT2D eigenvalue weighted by Gasteiger charge is 2.46. The summed E-state index contributed by atoms with van der Waals surface area (Å²) in [4.78, 5) is 23.6. The van der Waals surface area contributed by atoms with Gasteiger partial charge in [-0.2, -0.15) is 0 Å². The van der Waals surface area contributed by atoms with Gasteiger partial charge in [-0.1, -0.05) is 19.6 Å². The molecule has 0 bridgehead atoms. The lowest BCUT2D eigenvalue weighted by Gasteiger charge is -2.43. The van der Waals surface area contributed by atoms with E-state index in [4.69, 9.17) is 4.74 Å². The van der Waals surface area contributed by atoms with Gasteiger partial charge in [-0.05, 0) is 30.8 Å². The van der Waals surface area contributed by atoms with E-state index in [2.05, 4.69) is 25.4 Å². The van der Waals surface area contributed by atoms with Gasteiger partial charge in [0.25, 0.3) is 0 Å². The largest absolute Gasteiger partial charge is 0.466 e. The summed E-state index contributed by atoms with van der Waals surface area (Å²) in [7, 11) is 1.36. The lowest BCUT2D eigenvalue weighted by molar-refractivity contribution is -0.137. The number of amides is 1. The third-order valence-corrected chi connectivity index (χ3v) is 4.75. The summed E-state index contributed by atoms with van der Waals surface area (Å²) < 4.78 is 4.79. The highest BCUT2D eigenvalue weighted by Crippen LogP contribution is 2.49. The Morgan fingerprint density at radius 1 is 1.55 bits per heavy atom. The van der Waals surface area contributed by atoms with Gasteiger partial charge in [-0.25, -0.2) is 4.79 Å². The third-order valence-electron chi connectivity index (χ3n) is 4.75. The Hall–Kier alpha value is -1.84. The van der Waals surface area contributed by atoms with Crippen molar-refractivity contribution in [1.29, 1.82) is 0 Å². The molecule has 4 nitrogen and oxygen atoms in total. The summed E-state index contributed by atoms with van der Waals surface area (Å²) >= 11 is 0. The summed E-state index contributed by atoms with van der Waals surface area (Å²) in [5.41, 5.74) is 2.03. The highest BCUT2D eigenvalue weighted by atomic mass is 16.5. The van der Waals surface area contributed by atoms with E-state index in [1.807, 2.05) is 13.0 Å². The maximum Gasteiger partial charge on any atom is 0.333 e. The molecule has 108 valence electrons. The van der Waals surface area contributed by atoms with Gasteiger partial charge in [-0.15, -0.1) is 6.58 Å². The van der Waals surface area contributed by atoms with Crippen LogP contribution in [0.25, 0.3) is 0 Å². The molecule has 2 aliphatic rings. The molecule has 0 aromatic carbocycles. The first-order valence-corrected chi connectivity index (χ1v) is 6.75. The second-order valence-corrected chi connectivity index (χ2v) is 5.86. The molecule has 0 saturated heterocycles. The number of fused-ring (bicyclic) bond motifs is 1. The van der Waals surface area contributed by atoms with Crippen LogP contribution in [0.3, 0.4) is 0 Å². The van der Waals surface area contributed by atoms with E-state index < -0.39 is 5.97 Å². The summed E-state index contributed by atoms with van der Waals surface area (Å²) in [6.45, 7) is 11.7. The van der Waals surface area contributed by atoms with Crippen LogP contribution in [0.1, 0.15) is 26.7 Å². The predicted octanol–water partition coefficient (Wildman–Crippen LogP) is 2.13. The van der Waals surface area contributed by atoms with E-state index in [1.165, 1.54) is 7.11 Å². The fourth-order valence-electron chi connectivity index (χ4n) is 3.29. The Labute approximate surface area is 119 Å². The van der Waals surface area contributed by atoms with Crippen LogP contribution in [0.4, 0.5) is 0 Å². The van der Waals surface area contributed by atoms with Crippen molar-refractivity contribution in [2.45, 2.75) is 32.7 Å². The minimum absolute atomic E-state index is 0.0132. The number of carbonyl (C=O) groups excluding carboxylic acids is 2. The molecule has 1 amide bonds. The van der Waals surface area contributed by atoms with Crippen LogP contribution < -0.4 is 5.32 Å². The smallest absolute Gasteiger partial charge is 0.333 e. The van der Waals surface area contributed by atoms with Crippen molar-refractivity contribution in [1.82, 2.24) is 5.32 Å². The van der Waals surface area contributed by atoms with Gasteiger partial charge in [0, 0.05) is 17.1 Å². The highest BCUT2D eigenvalue weighted by molar-refractivity contribution is 5.97. The molecule has 1 aliphatic carbocycles. The van der Waals surface area contributed by atoms with Crippen molar-refractivity contribution in [2.24, 2.45) is 11.3 Å². The van der Waals surface area contributed by atoms with Crippen molar-refractivity contribution in [3.8, 4) is 0 Å². The number of methoxy groups -OCH3 is 1. The fraction of sp³-hybridized carbons (Fsp3) is 0.500. The minimum atomic E-state index is -0.392. The zero-order valence-electron chi connectivity index (χ0n) is 12.3. The van der Waals surface area contributed by atoms with Crippen molar-refractivity contribution >= 4 is 11.9 Å².